The number of hydrogen-bond donors (Lipinski definition) is 0. The molecule has 0 amide bonds. The Hall–Kier alpha value is -2.31. The van der Waals surface area contributed by atoms with Crippen molar-refractivity contribution in [2.75, 3.05) is 40.0 Å². The maximum atomic E-state index is 6.47. The van der Waals surface area contributed by atoms with Gasteiger partial charge in [0.1, 0.15) is 18.1 Å². The van der Waals surface area contributed by atoms with Crippen LogP contribution < -0.4 is 9.47 Å². The van der Waals surface area contributed by atoms with Gasteiger partial charge in [-0.05, 0) is 147 Å². The first-order valence-electron chi connectivity index (χ1n) is 16.5. The Balaban J connectivity index is 0.00000329. The minimum absolute atomic E-state index is 0. The van der Waals surface area contributed by atoms with Gasteiger partial charge in [-0.1, -0.05) is 30.7 Å². The normalized spacial score (nSPS) is 27.2. The third-order valence-corrected chi connectivity index (χ3v) is 10.6. The zero-order valence-electron chi connectivity index (χ0n) is 25.9. The van der Waals surface area contributed by atoms with E-state index in [1.807, 2.05) is 6.92 Å². The summed E-state index contributed by atoms with van der Waals surface area (Å²) < 4.78 is 23.9. The van der Waals surface area contributed by atoms with Gasteiger partial charge < -0.3 is 18.9 Å². The van der Waals surface area contributed by atoms with Gasteiger partial charge in [-0.25, -0.2) is 0 Å². The van der Waals surface area contributed by atoms with Crippen LogP contribution in [0.1, 0.15) is 70.3 Å². The standard InChI is InChI=1S/C37H47NO4.ClH/c1-3-40-36(39-2)42-35-22-31-8-7-30(29-9-11-33(12-10-29)41-16-15-38-13-5-4-6-14-38)20-32(31)21-34(35)37-23-26-17-27(24-37)19-28(18-26)25-37;/h7-12,20-22,26-28,36H,3-6,13-19,23-25H2,1-2H3;1H. The van der Waals surface area contributed by atoms with E-state index in [4.69, 9.17) is 18.9 Å². The summed E-state index contributed by atoms with van der Waals surface area (Å²) >= 11 is 0. The Labute approximate surface area is 263 Å². The zero-order valence-corrected chi connectivity index (χ0v) is 26.7. The molecule has 5 aliphatic rings. The lowest BCUT2D eigenvalue weighted by Crippen LogP contribution is -2.48. The van der Waals surface area contributed by atoms with Crippen LogP contribution in [0.3, 0.4) is 0 Å². The van der Waals surface area contributed by atoms with Crippen molar-refractivity contribution in [3.8, 4) is 22.6 Å². The van der Waals surface area contributed by atoms with Gasteiger partial charge in [0.05, 0.1) is 6.61 Å². The number of likely N-dealkylation sites (tertiary alicyclic amines) is 1. The van der Waals surface area contributed by atoms with Crippen molar-refractivity contribution in [3.05, 3.63) is 60.2 Å². The van der Waals surface area contributed by atoms with E-state index >= 15 is 0 Å². The molecule has 1 unspecified atom stereocenters. The van der Waals surface area contributed by atoms with E-state index in [1.54, 1.807) is 7.11 Å². The first kappa shape index (κ1) is 30.7. The fraction of sp³-hybridized carbons (Fsp3) is 0.568. The lowest BCUT2D eigenvalue weighted by Gasteiger charge is -2.57. The van der Waals surface area contributed by atoms with E-state index in [9.17, 15) is 0 Å². The maximum Gasteiger partial charge on any atom is 0.315 e. The molecule has 8 rings (SSSR count). The van der Waals surface area contributed by atoms with Crippen molar-refractivity contribution < 1.29 is 18.9 Å². The summed E-state index contributed by atoms with van der Waals surface area (Å²) in [6, 6.07) is 20.1. The van der Waals surface area contributed by atoms with Crippen LogP contribution in [-0.2, 0) is 14.9 Å². The molecular formula is C37H48ClNO4. The highest BCUT2D eigenvalue weighted by molar-refractivity contribution is 5.89. The van der Waals surface area contributed by atoms with Crippen molar-refractivity contribution in [1.29, 1.82) is 0 Å². The zero-order chi connectivity index (χ0) is 28.5. The van der Waals surface area contributed by atoms with Crippen LogP contribution in [0, 0.1) is 17.8 Å². The highest BCUT2D eigenvalue weighted by Crippen LogP contribution is 2.62. The van der Waals surface area contributed by atoms with Crippen molar-refractivity contribution >= 4 is 23.2 Å². The van der Waals surface area contributed by atoms with Crippen molar-refractivity contribution in [3.63, 3.8) is 0 Å². The molecule has 3 aromatic rings. The lowest BCUT2D eigenvalue weighted by molar-refractivity contribution is -0.231. The topological polar surface area (TPSA) is 40.2 Å². The molecule has 0 spiro atoms. The predicted octanol–water partition coefficient (Wildman–Crippen LogP) is 8.61. The number of fused-ring (bicyclic) bond motifs is 1. The van der Waals surface area contributed by atoms with Crippen LogP contribution in [0.5, 0.6) is 11.5 Å². The number of nitrogens with zero attached hydrogens (tertiary/aromatic N) is 1. The summed E-state index contributed by atoms with van der Waals surface area (Å²) in [5, 5.41) is 2.46. The Kier molecular flexibility index (Phi) is 9.54. The van der Waals surface area contributed by atoms with E-state index in [0.29, 0.717) is 6.61 Å². The molecule has 3 aromatic carbocycles. The number of methoxy groups -OCH3 is 1. The first-order chi connectivity index (χ1) is 20.6. The number of rotatable bonds is 11. The average Bonchev–Trinajstić information content (AvgIpc) is 3.00. The molecule has 4 bridgehead atoms. The first-order valence-corrected chi connectivity index (χ1v) is 16.5. The van der Waals surface area contributed by atoms with Gasteiger partial charge in [0, 0.05) is 19.2 Å². The SMILES string of the molecule is CCOC(OC)Oc1cc2ccc(-c3ccc(OCCN4CCCCC4)cc3)cc2cc1C12CC3CC(CC(C3)C1)C2.Cl. The minimum atomic E-state index is -0.694. The van der Waals surface area contributed by atoms with Crippen LogP contribution in [0.4, 0.5) is 0 Å². The third-order valence-electron chi connectivity index (χ3n) is 10.6. The molecule has 1 aliphatic heterocycles. The van der Waals surface area contributed by atoms with Gasteiger partial charge in [-0.3, -0.25) is 4.90 Å². The molecule has 0 aromatic heterocycles. The average molecular weight is 606 g/mol. The molecule has 0 N–H and O–H groups in total. The molecule has 5 nitrogen and oxygen atoms in total. The Morgan fingerprint density at radius 2 is 1.49 bits per heavy atom. The fourth-order valence-corrected chi connectivity index (χ4v) is 9.02. The van der Waals surface area contributed by atoms with Gasteiger partial charge in [-0.15, -0.1) is 12.4 Å². The number of halogens is 1. The highest BCUT2D eigenvalue weighted by Gasteiger charge is 2.52. The molecule has 4 saturated carbocycles. The van der Waals surface area contributed by atoms with E-state index in [2.05, 4.69) is 59.5 Å². The monoisotopic (exact) mass is 605 g/mol. The van der Waals surface area contributed by atoms with Crippen LogP contribution in [0.25, 0.3) is 21.9 Å². The molecule has 4 aliphatic carbocycles. The number of hydrogen-bond acceptors (Lipinski definition) is 5. The summed E-state index contributed by atoms with van der Waals surface area (Å²) in [7, 11) is 1.66. The molecule has 0 radical (unpaired) electrons. The van der Waals surface area contributed by atoms with Crippen LogP contribution in [0.15, 0.2) is 54.6 Å². The summed E-state index contributed by atoms with van der Waals surface area (Å²) in [6.07, 6.45) is 12.1. The van der Waals surface area contributed by atoms with E-state index in [1.165, 1.54) is 98.3 Å². The summed E-state index contributed by atoms with van der Waals surface area (Å²) in [5.74, 6) is 4.46. The largest absolute Gasteiger partial charge is 0.492 e. The van der Waals surface area contributed by atoms with Crippen molar-refractivity contribution in [2.45, 2.75) is 76.6 Å². The molecular weight excluding hydrogens is 558 g/mol. The van der Waals surface area contributed by atoms with Gasteiger partial charge in [0.25, 0.3) is 0 Å². The maximum absolute atomic E-state index is 6.47. The van der Waals surface area contributed by atoms with Crippen LogP contribution in [-0.4, -0.2) is 51.3 Å². The molecule has 1 saturated heterocycles. The third kappa shape index (κ3) is 6.56. The Bertz CT molecular complexity index is 1330. The van der Waals surface area contributed by atoms with Gasteiger partial charge in [-0.2, -0.15) is 0 Å². The number of piperidine rings is 1. The van der Waals surface area contributed by atoms with Crippen molar-refractivity contribution in [2.24, 2.45) is 17.8 Å². The smallest absolute Gasteiger partial charge is 0.315 e. The molecule has 5 fully saturated rings. The van der Waals surface area contributed by atoms with Gasteiger partial charge >= 0.3 is 6.48 Å². The molecule has 6 heteroatoms. The lowest BCUT2D eigenvalue weighted by atomic mass is 9.48. The van der Waals surface area contributed by atoms with Crippen LogP contribution >= 0.6 is 12.4 Å². The number of ether oxygens (including phenoxy) is 4. The van der Waals surface area contributed by atoms with Gasteiger partial charge in [0.15, 0.2) is 0 Å². The Morgan fingerprint density at radius 3 is 2.14 bits per heavy atom. The second kappa shape index (κ2) is 13.4. The molecule has 232 valence electrons. The summed E-state index contributed by atoms with van der Waals surface area (Å²) in [5.41, 5.74) is 4.01. The quantitative estimate of drug-likeness (QED) is 0.205. The van der Waals surface area contributed by atoms with Crippen molar-refractivity contribution in [1.82, 2.24) is 4.90 Å². The van der Waals surface area contributed by atoms with E-state index in [0.717, 1.165) is 42.4 Å². The summed E-state index contributed by atoms with van der Waals surface area (Å²) in [4.78, 5) is 2.52. The van der Waals surface area contributed by atoms with Crippen LogP contribution in [0.2, 0.25) is 0 Å². The predicted molar refractivity (Wildman–Crippen MR) is 175 cm³/mol. The second-order valence-electron chi connectivity index (χ2n) is 13.5. The fourth-order valence-electron chi connectivity index (χ4n) is 9.02. The highest BCUT2D eigenvalue weighted by atomic mass is 35.5. The second-order valence-corrected chi connectivity index (χ2v) is 13.5. The Morgan fingerprint density at radius 1 is 0.814 bits per heavy atom. The summed E-state index contributed by atoms with van der Waals surface area (Å²) in [6.45, 7) is 6.01. The molecule has 1 heterocycles. The van der Waals surface area contributed by atoms with Gasteiger partial charge in [0.2, 0.25) is 0 Å². The minimum Gasteiger partial charge on any atom is -0.492 e. The number of benzene rings is 3. The molecule has 1 atom stereocenters. The molecule has 43 heavy (non-hydrogen) atoms. The van der Waals surface area contributed by atoms with E-state index < -0.39 is 6.48 Å². The van der Waals surface area contributed by atoms with E-state index in [-0.39, 0.29) is 17.8 Å².